The Balaban J connectivity index is 1.41. The average molecular weight is 510 g/mol. The summed E-state index contributed by atoms with van der Waals surface area (Å²) in [5, 5.41) is 13.6. The number of carbonyl (C=O) groups excluding carboxylic acids is 1. The molecule has 2 fully saturated rings. The molecular formula is C26H35N7O4. The number of pyridine rings is 1. The van der Waals surface area contributed by atoms with E-state index in [2.05, 4.69) is 33.0 Å². The molecule has 2 aliphatic carbocycles. The highest BCUT2D eigenvalue weighted by Crippen LogP contribution is 2.36. The Labute approximate surface area is 215 Å². The van der Waals surface area contributed by atoms with Gasteiger partial charge in [0.15, 0.2) is 5.65 Å². The van der Waals surface area contributed by atoms with Crippen molar-refractivity contribution in [2.75, 3.05) is 31.9 Å². The number of nitrogens with zero attached hydrogens (tertiary/aromatic N) is 4. The fraction of sp³-hybridized carbons (Fsp3) is 0.538. The molecule has 0 aliphatic heterocycles. The van der Waals surface area contributed by atoms with Crippen LogP contribution in [-0.2, 0) is 9.47 Å². The van der Waals surface area contributed by atoms with E-state index in [1.807, 2.05) is 12.3 Å². The van der Waals surface area contributed by atoms with Crippen LogP contribution in [0.15, 0.2) is 35.4 Å². The van der Waals surface area contributed by atoms with Crippen LogP contribution >= 0.6 is 0 Å². The average Bonchev–Trinajstić information content (AvgIpc) is 3.32. The van der Waals surface area contributed by atoms with Gasteiger partial charge in [0.05, 0.1) is 23.9 Å². The molecular weight excluding hydrogens is 474 g/mol. The number of hydrogen-bond acceptors (Lipinski definition) is 8. The highest BCUT2D eigenvalue weighted by Gasteiger charge is 2.33. The fourth-order valence-electron chi connectivity index (χ4n) is 5.25. The fourth-order valence-corrected chi connectivity index (χ4v) is 5.25. The molecule has 3 aromatic rings. The monoisotopic (exact) mass is 509 g/mol. The molecule has 11 heteroatoms. The van der Waals surface area contributed by atoms with Crippen molar-refractivity contribution in [3.05, 3.63) is 46.5 Å². The normalized spacial score (nSPS) is 25.5. The van der Waals surface area contributed by atoms with Crippen molar-refractivity contribution in [3.63, 3.8) is 0 Å². The Morgan fingerprint density at radius 2 is 1.97 bits per heavy atom. The SMILES string of the molecule is CNc1cc(Nc2cccn(C3CCC(C)(OC)CC3)c2=O)nc2c(C(=O)N[C@H]3CC[C@@H]3OC)cnn12. The van der Waals surface area contributed by atoms with Crippen LogP contribution in [0.1, 0.15) is 61.8 Å². The predicted octanol–water partition coefficient (Wildman–Crippen LogP) is 3.10. The van der Waals surface area contributed by atoms with E-state index in [-0.39, 0.29) is 35.3 Å². The minimum Gasteiger partial charge on any atom is -0.379 e. The van der Waals surface area contributed by atoms with Crippen LogP contribution in [0, 0.1) is 0 Å². The van der Waals surface area contributed by atoms with E-state index in [9.17, 15) is 9.59 Å². The molecule has 0 unspecified atom stereocenters. The highest BCUT2D eigenvalue weighted by atomic mass is 16.5. The molecule has 1 amide bonds. The zero-order valence-corrected chi connectivity index (χ0v) is 21.8. The minimum atomic E-state index is -0.254. The third-order valence-electron chi connectivity index (χ3n) is 7.94. The Kier molecular flexibility index (Phi) is 6.91. The van der Waals surface area contributed by atoms with Gasteiger partial charge in [-0.15, -0.1) is 0 Å². The van der Waals surface area contributed by atoms with Gasteiger partial charge >= 0.3 is 0 Å². The van der Waals surface area contributed by atoms with E-state index in [4.69, 9.17) is 9.47 Å². The smallest absolute Gasteiger partial charge is 0.274 e. The first-order valence-corrected chi connectivity index (χ1v) is 12.8. The Morgan fingerprint density at radius 3 is 2.62 bits per heavy atom. The maximum atomic E-state index is 13.4. The second kappa shape index (κ2) is 10.1. The quantitative estimate of drug-likeness (QED) is 0.423. The van der Waals surface area contributed by atoms with Crippen molar-refractivity contribution < 1.29 is 14.3 Å². The molecule has 3 heterocycles. The molecule has 0 aromatic carbocycles. The summed E-state index contributed by atoms with van der Waals surface area (Å²) < 4.78 is 14.4. The van der Waals surface area contributed by atoms with Gasteiger partial charge in [0.1, 0.15) is 22.9 Å². The summed E-state index contributed by atoms with van der Waals surface area (Å²) in [5.41, 5.74) is 0.933. The molecule has 3 aromatic heterocycles. The zero-order chi connectivity index (χ0) is 26.2. The van der Waals surface area contributed by atoms with Gasteiger partial charge in [-0.2, -0.15) is 9.61 Å². The standard InChI is InChI=1S/C26H35N7O4/c1-26(37-4)11-9-16(10-12-26)32-13-5-6-19(25(32)35)29-21-14-22(27-2)33-23(31-21)17(15-28-33)24(34)30-18-7-8-20(18)36-3/h5-6,13-16,18,20,27H,7-12H2,1-4H3,(H,29,31)(H,30,34)/t16?,18-,20-,26?/m0/s1. The third-order valence-corrected chi connectivity index (χ3v) is 7.94. The van der Waals surface area contributed by atoms with Gasteiger partial charge in [0.25, 0.3) is 11.5 Å². The summed E-state index contributed by atoms with van der Waals surface area (Å²) in [6, 6.07) is 5.47. The summed E-state index contributed by atoms with van der Waals surface area (Å²) in [5.74, 6) is 0.818. The number of anilines is 3. The molecule has 2 saturated carbocycles. The first-order chi connectivity index (χ1) is 17.9. The van der Waals surface area contributed by atoms with E-state index >= 15 is 0 Å². The Morgan fingerprint density at radius 1 is 1.19 bits per heavy atom. The van der Waals surface area contributed by atoms with Gasteiger partial charge < -0.3 is 30.0 Å². The third kappa shape index (κ3) is 4.80. The second-order valence-corrected chi connectivity index (χ2v) is 10.1. The van der Waals surface area contributed by atoms with Crippen LogP contribution in [0.5, 0.6) is 0 Å². The van der Waals surface area contributed by atoms with Crippen molar-refractivity contribution in [2.24, 2.45) is 0 Å². The molecule has 2 aliphatic rings. The number of methoxy groups -OCH3 is 2. The van der Waals surface area contributed by atoms with Crippen LogP contribution in [0.3, 0.4) is 0 Å². The summed E-state index contributed by atoms with van der Waals surface area (Å²) in [7, 11) is 5.17. The first kappa shape index (κ1) is 25.2. The van der Waals surface area contributed by atoms with Crippen LogP contribution in [-0.4, -0.2) is 64.1 Å². The van der Waals surface area contributed by atoms with Crippen LogP contribution in [0.2, 0.25) is 0 Å². The van der Waals surface area contributed by atoms with Crippen molar-refractivity contribution in [1.82, 2.24) is 24.5 Å². The summed E-state index contributed by atoms with van der Waals surface area (Å²) >= 11 is 0. The molecule has 0 spiro atoms. The van der Waals surface area contributed by atoms with Crippen molar-refractivity contribution in [2.45, 2.75) is 69.2 Å². The number of amides is 1. The molecule has 198 valence electrons. The summed E-state index contributed by atoms with van der Waals surface area (Å²) in [6.07, 6.45) is 8.73. The van der Waals surface area contributed by atoms with Gasteiger partial charge in [-0.05, 0) is 57.6 Å². The lowest BCUT2D eigenvalue weighted by Gasteiger charge is -2.36. The van der Waals surface area contributed by atoms with E-state index in [1.54, 1.807) is 42.5 Å². The number of fused-ring (bicyclic) bond motifs is 1. The van der Waals surface area contributed by atoms with E-state index in [1.165, 1.54) is 6.20 Å². The number of nitrogens with one attached hydrogen (secondary N) is 3. The predicted molar refractivity (Wildman–Crippen MR) is 141 cm³/mol. The lowest BCUT2D eigenvalue weighted by molar-refractivity contribution is -0.0324. The molecule has 2 atom stereocenters. The zero-order valence-electron chi connectivity index (χ0n) is 21.8. The number of hydrogen-bond donors (Lipinski definition) is 3. The second-order valence-electron chi connectivity index (χ2n) is 10.1. The number of carbonyl (C=O) groups is 1. The topological polar surface area (TPSA) is 124 Å². The van der Waals surface area contributed by atoms with E-state index < -0.39 is 0 Å². The highest BCUT2D eigenvalue weighted by molar-refractivity contribution is 6.00. The maximum absolute atomic E-state index is 13.4. The van der Waals surface area contributed by atoms with E-state index in [0.29, 0.717) is 28.5 Å². The first-order valence-electron chi connectivity index (χ1n) is 12.8. The molecule has 0 saturated heterocycles. The molecule has 11 nitrogen and oxygen atoms in total. The molecule has 3 N–H and O–H groups in total. The number of ether oxygens (including phenoxy) is 2. The van der Waals surface area contributed by atoms with Gasteiger partial charge in [-0.25, -0.2) is 4.98 Å². The van der Waals surface area contributed by atoms with Crippen LogP contribution in [0.25, 0.3) is 5.65 Å². The Bertz CT molecular complexity index is 1340. The largest absolute Gasteiger partial charge is 0.379 e. The lowest BCUT2D eigenvalue weighted by atomic mass is 9.83. The molecule has 0 bridgehead atoms. The minimum absolute atomic E-state index is 0.0245. The Hall–Kier alpha value is -3.44. The van der Waals surface area contributed by atoms with Crippen molar-refractivity contribution in [3.8, 4) is 0 Å². The lowest BCUT2D eigenvalue weighted by Crippen LogP contribution is -2.51. The number of aromatic nitrogens is 4. The van der Waals surface area contributed by atoms with Crippen LogP contribution < -0.4 is 21.5 Å². The van der Waals surface area contributed by atoms with Crippen molar-refractivity contribution >= 4 is 28.9 Å². The molecule has 5 rings (SSSR count). The van der Waals surface area contributed by atoms with Gasteiger partial charge in [-0.3, -0.25) is 9.59 Å². The van der Waals surface area contributed by atoms with Gasteiger partial charge in [0.2, 0.25) is 0 Å². The molecule has 0 radical (unpaired) electrons. The number of rotatable bonds is 8. The van der Waals surface area contributed by atoms with Crippen molar-refractivity contribution in [1.29, 1.82) is 0 Å². The van der Waals surface area contributed by atoms with Gasteiger partial charge in [0, 0.05) is 39.6 Å². The summed E-state index contributed by atoms with van der Waals surface area (Å²) in [6.45, 7) is 2.12. The maximum Gasteiger partial charge on any atom is 0.274 e. The van der Waals surface area contributed by atoms with Gasteiger partial charge in [-0.1, -0.05) is 0 Å². The summed E-state index contributed by atoms with van der Waals surface area (Å²) in [4.78, 5) is 31.1. The molecule has 37 heavy (non-hydrogen) atoms. The van der Waals surface area contributed by atoms with Crippen LogP contribution in [0.4, 0.5) is 17.3 Å². The van der Waals surface area contributed by atoms with E-state index in [0.717, 1.165) is 38.5 Å².